The summed E-state index contributed by atoms with van der Waals surface area (Å²) in [7, 11) is 0. The van der Waals surface area contributed by atoms with Crippen LogP contribution in [0.15, 0.2) is 42.0 Å². The fourth-order valence-corrected chi connectivity index (χ4v) is 2.23. The van der Waals surface area contributed by atoms with E-state index in [1.54, 1.807) is 23.8 Å². The smallest absolute Gasteiger partial charge is 0.257 e. The number of nitrogens with one attached hydrogen (secondary N) is 1. The molecule has 2 aromatic heterocycles. The van der Waals surface area contributed by atoms with Crippen molar-refractivity contribution in [3.8, 4) is 5.69 Å². The maximum absolute atomic E-state index is 12.0. The summed E-state index contributed by atoms with van der Waals surface area (Å²) in [6, 6.07) is 9.15. The van der Waals surface area contributed by atoms with Gasteiger partial charge in [-0.1, -0.05) is 11.3 Å². The highest BCUT2D eigenvalue weighted by molar-refractivity contribution is 7.13. The van der Waals surface area contributed by atoms with Gasteiger partial charge in [0.05, 0.1) is 5.69 Å². The first-order valence-corrected chi connectivity index (χ1v) is 6.80. The van der Waals surface area contributed by atoms with Crippen molar-refractivity contribution in [2.45, 2.75) is 6.92 Å². The predicted molar refractivity (Wildman–Crippen MR) is 76.2 cm³/mol. The highest BCUT2D eigenvalue weighted by Gasteiger charge is 2.08. The highest BCUT2D eigenvalue weighted by Crippen LogP contribution is 2.14. The minimum absolute atomic E-state index is 0.203. The number of hydrogen-bond donors (Lipinski definition) is 1. The van der Waals surface area contributed by atoms with Gasteiger partial charge < -0.3 is 0 Å². The molecule has 0 bridgehead atoms. The van der Waals surface area contributed by atoms with Gasteiger partial charge >= 0.3 is 0 Å². The van der Waals surface area contributed by atoms with Gasteiger partial charge in [0, 0.05) is 17.5 Å². The van der Waals surface area contributed by atoms with Gasteiger partial charge in [-0.3, -0.25) is 10.1 Å². The molecule has 1 aromatic carbocycles. The lowest BCUT2D eigenvalue weighted by Crippen LogP contribution is -2.11. The van der Waals surface area contributed by atoms with Crippen molar-refractivity contribution in [1.29, 1.82) is 0 Å². The SMILES string of the molecule is Cc1ccnn1-c1ccc(C(=O)Nc2nncs2)cc1. The zero-order chi connectivity index (χ0) is 13.9. The molecule has 0 saturated carbocycles. The van der Waals surface area contributed by atoms with E-state index in [1.807, 2.05) is 29.8 Å². The number of aromatic nitrogens is 4. The molecule has 0 spiro atoms. The molecule has 1 amide bonds. The molecule has 7 heteroatoms. The number of anilines is 1. The van der Waals surface area contributed by atoms with Gasteiger partial charge in [0.2, 0.25) is 5.13 Å². The van der Waals surface area contributed by atoms with Crippen LogP contribution < -0.4 is 5.32 Å². The fourth-order valence-electron chi connectivity index (χ4n) is 1.79. The minimum Gasteiger partial charge on any atom is -0.296 e. The second-order valence-corrected chi connectivity index (χ2v) is 4.96. The first-order chi connectivity index (χ1) is 9.74. The van der Waals surface area contributed by atoms with Crippen LogP contribution in [0.25, 0.3) is 5.69 Å². The zero-order valence-corrected chi connectivity index (χ0v) is 11.5. The molecule has 0 radical (unpaired) electrons. The number of carbonyl (C=O) groups excluding carboxylic acids is 1. The largest absolute Gasteiger partial charge is 0.296 e. The van der Waals surface area contributed by atoms with Crippen LogP contribution in [0.3, 0.4) is 0 Å². The van der Waals surface area contributed by atoms with Crippen LogP contribution in [0.5, 0.6) is 0 Å². The van der Waals surface area contributed by atoms with Crippen LogP contribution in [-0.4, -0.2) is 25.9 Å². The topological polar surface area (TPSA) is 72.7 Å². The summed E-state index contributed by atoms with van der Waals surface area (Å²) < 4.78 is 1.81. The Hall–Kier alpha value is -2.54. The fraction of sp³-hybridized carbons (Fsp3) is 0.0769. The summed E-state index contributed by atoms with van der Waals surface area (Å²) >= 11 is 1.28. The number of carbonyl (C=O) groups is 1. The molecule has 0 fully saturated rings. The van der Waals surface area contributed by atoms with Gasteiger partial charge in [-0.15, -0.1) is 10.2 Å². The number of amides is 1. The lowest BCUT2D eigenvalue weighted by Gasteiger charge is -2.06. The maximum Gasteiger partial charge on any atom is 0.257 e. The first kappa shape index (κ1) is 12.5. The Labute approximate surface area is 119 Å². The van der Waals surface area contributed by atoms with Gasteiger partial charge in [-0.2, -0.15) is 5.10 Å². The van der Waals surface area contributed by atoms with E-state index in [9.17, 15) is 4.79 Å². The number of benzene rings is 1. The molecule has 0 unspecified atom stereocenters. The van der Waals surface area contributed by atoms with E-state index in [0.29, 0.717) is 10.7 Å². The van der Waals surface area contributed by atoms with Crippen molar-refractivity contribution in [1.82, 2.24) is 20.0 Å². The van der Waals surface area contributed by atoms with Crippen molar-refractivity contribution in [2.75, 3.05) is 5.32 Å². The Kier molecular flexibility index (Phi) is 3.26. The van der Waals surface area contributed by atoms with Crippen LogP contribution >= 0.6 is 11.3 Å². The monoisotopic (exact) mass is 285 g/mol. The van der Waals surface area contributed by atoms with Crippen molar-refractivity contribution >= 4 is 22.4 Å². The molecular formula is C13H11N5OS. The average Bonchev–Trinajstić information content (AvgIpc) is 3.10. The zero-order valence-electron chi connectivity index (χ0n) is 10.6. The van der Waals surface area contributed by atoms with E-state index in [2.05, 4.69) is 20.6 Å². The molecule has 0 atom stereocenters. The van der Waals surface area contributed by atoms with Gasteiger partial charge in [0.15, 0.2) is 0 Å². The number of aryl methyl sites for hydroxylation is 1. The van der Waals surface area contributed by atoms with E-state index in [1.165, 1.54) is 11.3 Å². The third kappa shape index (κ3) is 2.43. The molecule has 2 heterocycles. The summed E-state index contributed by atoms with van der Waals surface area (Å²) in [6.07, 6.45) is 1.74. The number of hydrogen-bond acceptors (Lipinski definition) is 5. The van der Waals surface area contributed by atoms with Crippen molar-refractivity contribution in [3.63, 3.8) is 0 Å². The highest BCUT2D eigenvalue weighted by atomic mass is 32.1. The van der Waals surface area contributed by atoms with E-state index in [4.69, 9.17) is 0 Å². The molecule has 3 rings (SSSR count). The Morgan fingerprint density at radius 1 is 1.25 bits per heavy atom. The lowest BCUT2D eigenvalue weighted by molar-refractivity contribution is 0.102. The van der Waals surface area contributed by atoms with E-state index < -0.39 is 0 Å². The van der Waals surface area contributed by atoms with Crippen molar-refractivity contribution < 1.29 is 4.79 Å². The summed E-state index contributed by atoms with van der Waals surface area (Å²) in [5.41, 5.74) is 4.09. The van der Waals surface area contributed by atoms with Crippen molar-refractivity contribution in [3.05, 3.63) is 53.3 Å². The first-order valence-electron chi connectivity index (χ1n) is 5.92. The Morgan fingerprint density at radius 3 is 2.65 bits per heavy atom. The maximum atomic E-state index is 12.0. The molecule has 0 aliphatic carbocycles. The van der Waals surface area contributed by atoms with E-state index in [-0.39, 0.29) is 5.91 Å². The molecule has 0 saturated heterocycles. The van der Waals surface area contributed by atoms with Gasteiger partial charge in [-0.05, 0) is 37.3 Å². The second-order valence-electron chi connectivity index (χ2n) is 4.13. The van der Waals surface area contributed by atoms with Crippen LogP contribution in [0.2, 0.25) is 0 Å². The average molecular weight is 285 g/mol. The molecule has 100 valence electrons. The normalized spacial score (nSPS) is 10.4. The van der Waals surface area contributed by atoms with E-state index in [0.717, 1.165) is 11.4 Å². The summed E-state index contributed by atoms with van der Waals surface area (Å²) in [5, 5.41) is 14.8. The lowest BCUT2D eigenvalue weighted by atomic mass is 10.2. The van der Waals surface area contributed by atoms with Crippen LogP contribution in [0.4, 0.5) is 5.13 Å². The van der Waals surface area contributed by atoms with Crippen LogP contribution in [0.1, 0.15) is 16.1 Å². The summed E-state index contributed by atoms with van der Waals surface area (Å²) in [6.45, 7) is 1.98. The second kappa shape index (κ2) is 5.22. The van der Waals surface area contributed by atoms with Gasteiger partial charge in [-0.25, -0.2) is 4.68 Å². The predicted octanol–water partition coefficient (Wildman–Crippen LogP) is 2.28. The van der Waals surface area contributed by atoms with Crippen molar-refractivity contribution in [2.24, 2.45) is 0 Å². The quantitative estimate of drug-likeness (QED) is 0.801. The third-order valence-electron chi connectivity index (χ3n) is 2.79. The van der Waals surface area contributed by atoms with E-state index >= 15 is 0 Å². The van der Waals surface area contributed by atoms with Crippen LogP contribution in [0, 0.1) is 6.92 Å². The minimum atomic E-state index is -0.203. The molecule has 1 N–H and O–H groups in total. The molecular weight excluding hydrogens is 274 g/mol. The Bertz CT molecular complexity index is 718. The molecule has 0 aliphatic rings. The summed E-state index contributed by atoms with van der Waals surface area (Å²) in [5.74, 6) is -0.203. The van der Waals surface area contributed by atoms with Gasteiger partial charge in [0.1, 0.15) is 5.51 Å². The molecule has 3 aromatic rings. The summed E-state index contributed by atoms with van der Waals surface area (Å²) in [4.78, 5) is 12.0. The molecule has 0 aliphatic heterocycles. The van der Waals surface area contributed by atoms with Crippen LogP contribution in [-0.2, 0) is 0 Å². The Balaban J connectivity index is 1.79. The molecule has 6 nitrogen and oxygen atoms in total. The Morgan fingerprint density at radius 2 is 2.05 bits per heavy atom. The third-order valence-corrected chi connectivity index (χ3v) is 3.39. The van der Waals surface area contributed by atoms with Gasteiger partial charge in [0.25, 0.3) is 5.91 Å². The number of rotatable bonds is 3. The number of nitrogens with zero attached hydrogens (tertiary/aromatic N) is 4. The molecule has 20 heavy (non-hydrogen) atoms. The standard InChI is InChI=1S/C13H11N5OS/c1-9-6-7-15-18(9)11-4-2-10(3-5-11)12(19)16-13-17-14-8-20-13/h2-8H,1H3,(H,16,17,19).